The van der Waals surface area contributed by atoms with Gasteiger partial charge in [0.25, 0.3) is 0 Å². The molecule has 2 rings (SSSR count). The number of rotatable bonds is 0. The molecule has 0 fully saturated rings. The second-order valence-electron chi connectivity index (χ2n) is 1.96. The van der Waals surface area contributed by atoms with E-state index < -0.39 is 0 Å². The van der Waals surface area contributed by atoms with Crippen LogP contribution in [0.4, 0.5) is 0 Å². The van der Waals surface area contributed by atoms with E-state index in [4.69, 9.17) is 4.42 Å². The maximum absolute atomic E-state index is 5.12. The molecule has 1 aromatic heterocycles. The molecule has 0 saturated carbocycles. The summed E-state index contributed by atoms with van der Waals surface area (Å²) in [7, 11) is 0. The molecule has 1 aromatic carbocycles. The second kappa shape index (κ2) is 3.05. The average molecular weight is 246 g/mol. The van der Waals surface area contributed by atoms with Gasteiger partial charge in [0, 0.05) is 5.39 Å². The van der Waals surface area contributed by atoms with Gasteiger partial charge in [0.05, 0.1) is 6.26 Å². The lowest BCUT2D eigenvalue weighted by atomic mass is 10.3. The molecule has 0 amide bonds. The van der Waals surface area contributed by atoms with Crippen molar-refractivity contribution >= 4 is 34.9 Å². The van der Waals surface area contributed by atoms with Crippen molar-refractivity contribution in [2.45, 2.75) is 0 Å². The Balaban J connectivity index is 0.000000500. The van der Waals surface area contributed by atoms with Crippen LogP contribution >= 0.6 is 24.0 Å². The Hall–Kier alpha value is -0.510. The Morgan fingerprint density at radius 3 is 2.60 bits per heavy atom. The van der Waals surface area contributed by atoms with Crippen LogP contribution in [0, 0.1) is 0 Å². The van der Waals surface area contributed by atoms with Crippen molar-refractivity contribution in [1.82, 2.24) is 0 Å². The van der Waals surface area contributed by atoms with Gasteiger partial charge in [0.1, 0.15) is 5.58 Å². The zero-order valence-corrected chi connectivity index (χ0v) is 7.61. The molecule has 0 saturated heterocycles. The van der Waals surface area contributed by atoms with Gasteiger partial charge in [-0.3, -0.25) is 0 Å². The molecule has 0 atom stereocenters. The van der Waals surface area contributed by atoms with Crippen molar-refractivity contribution in [3.63, 3.8) is 0 Å². The minimum Gasteiger partial charge on any atom is -0.464 e. The van der Waals surface area contributed by atoms with Crippen LogP contribution < -0.4 is 0 Å². The van der Waals surface area contributed by atoms with Crippen LogP contribution in [0.15, 0.2) is 41.0 Å². The number of hydrogen-bond donors (Lipinski definition) is 0. The largest absolute Gasteiger partial charge is 0.464 e. The van der Waals surface area contributed by atoms with Crippen molar-refractivity contribution in [3.8, 4) is 0 Å². The summed E-state index contributed by atoms with van der Waals surface area (Å²) in [6.45, 7) is 0. The molecule has 0 aliphatic carbocycles. The molecule has 0 N–H and O–H groups in total. The lowest BCUT2D eigenvalue weighted by Crippen LogP contribution is -1.57. The van der Waals surface area contributed by atoms with Crippen LogP contribution in [0.3, 0.4) is 0 Å². The molecular formula is C8H7IO. The van der Waals surface area contributed by atoms with Crippen molar-refractivity contribution in [1.29, 1.82) is 0 Å². The third-order valence-corrected chi connectivity index (χ3v) is 1.36. The molecule has 0 unspecified atom stereocenters. The molecule has 2 heteroatoms. The topological polar surface area (TPSA) is 13.1 Å². The summed E-state index contributed by atoms with van der Waals surface area (Å²) in [4.78, 5) is 0. The minimum absolute atomic E-state index is 0. The number of para-hydroxylation sites is 1. The summed E-state index contributed by atoms with van der Waals surface area (Å²) in [5, 5.41) is 1.16. The molecule has 0 radical (unpaired) electrons. The monoisotopic (exact) mass is 246 g/mol. The highest BCUT2D eigenvalue weighted by Crippen LogP contribution is 2.12. The fourth-order valence-electron chi connectivity index (χ4n) is 0.906. The van der Waals surface area contributed by atoms with Gasteiger partial charge in [-0.15, -0.1) is 24.0 Å². The van der Waals surface area contributed by atoms with Crippen LogP contribution in [-0.4, -0.2) is 0 Å². The fraction of sp³-hybridized carbons (Fsp3) is 0. The first-order chi connectivity index (χ1) is 4.47. The Kier molecular flexibility index (Phi) is 2.32. The highest BCUT2D eigenvalue weighted by molar-refractivity contribution is 14.0. The minimum atomic E-state index is 0. The van der Waals surface area contributed by atoms with E-state index >= 15 is 0 Å². The number of furan rings is 1. The van der Waals surface area contributed by atoms with Crippen LogP contribution in [0.2, 0.25) is 0 Å². The van der Waals surface area contributed by atoms with Gasteiger partial charge < -0.3 is 4.42 Å². The van der Waals surface area contributed by atoms with Crippen LogP contribution in [0.25, 0.3) is 11.0 Å². The number of benzene rings is 1. The Morgan fingerprint density at radius 2 is 1.80 bits per heavy atom. The maximum Gasteiger partial charge on any atom is 0.133 e. The van der Waals surface area contributed by atoms with Gasteiger partial charge in [0.2, 0.25) is 0 Å². The van der Waals surface area contributed by atoms with Gasteiger partial charge in [-0.1, -0.05) is 18.2 Å². The van der Waals surface area contributed by atoms with Gasteiger partial charge >= 0.3 is 0 Å². The predicted octanol–water partition coefficient (Wildman–Crippen LogP) is 3.05. The van der Waals surface area contributed by atoms with Crippen LogP contribution in [-0.2, 0) is 0 Å². The first-order valence-corrected chi connectivity index (χ1v) is 2.89. The first kappa shape index (κ1) is 7.60. The molecule has 0 bridgehead atoms. The van der Waals surface area contributed by atoms with Crippen molar-refractivity contribution in [3.05, 3.63) is 36.6 Å². The molecule has 0 spiro atoms. The molecule has 2 aromatic rings. The fourth-order valence-corrected chi connectivity index (χ4v) is 0.906. The van der Waals surface area contributed by atoms with Crippen molar-refractivity contribution in [2.75, 3.05) is 0 Å². The van der Waals surface area contributed by atoms with E-state index in [0.717, 1.165) is 11.0 Å². The lowest BCUT2D eigenvalue weighted by molar-refractivity contribution is 0.616. The summed E-state index contributed by atoms with van der Waals surface area (Å²) in [5.41, 5.74) is 0.956. The van der Waals surface area contributed by atoms with E-state index in [2.05, 4.69) is 0 Å². The number of halogens is 1. The highest BCUT2D eigenvalue weighted by Gasteiger charge is 1.89. The third-order valence-electron chi connectivity index (χ3n) is 1.36. The van der Waals surface area contributed by atoms with E-state index in [9.17, 15) is 0 Å². The first-order valence-electron chi connectivity index (χ1n) is 2.89. The average Bonchev–Trinajstić information content (AvgIpc) is 2.33. The third kappa shape index (κ3) is 1.16. The van der Waals surface area contributed by atoms with Gasteiger partial charge in [-0.25, -0.2) is 0 Å². The van der Waals surface area contributed by atoms with E-state index in [1.54, 1.807) is 6.26 Å². The molecule has 1 nitrogen and oxygen atoms in total. The summed E-state index contributed by atoms with van der Waals surface area (Å²) >= 11 is 0. The number of hydrogen-bond acceptors (Lipinski definition) is 1. The second-order valence-corrected chi connectivity index (χ2v) is 1.96. The summed E-state index contributed by atoms with van der Waals surface area (Å²) in [5.74, 6) is 0. The number of fused-ring (bicyclic) bond motifs is 1. The summed E-state index contributed by atoms with van der Waals surface area (Å²) in [6.07, 6.45) is 1.70. The van der Waals surface area contributed by atoms with E-state index in [1.165, 1.54) is 0 Å². The normalized spacial score (nSPS) is 9.20. The molecule has 52 valence electrons. The molecule has 1 heterocycles. The summed E-state index contributed by atoms with van der Waals surface area (Å²) in [6, 6.07) is 9.90. The van der Waals surface area contributed by atoms with E-state index in [0.29, 0.717) is 0 Å². The van der Waals surface area contributed by atoms with Crippen LogP contribution in [0.5, 0.6) is 0 Å². The standard InChI is InChI=1S/C8H6O.HI/c1-2-4-8-7(3-1)5-6-9-8;/h1-6H;1H. The van der Waals surface area contributed by atoms with Crippen molar-refractivity contribution in [2.24, 2.45) is 0 Å². The Morgan fingerprint density at radius 1 is 1.00 bits per heavy atom. The van der Waals surface area contributed by atoms with Gasteiger partial charge in [0.15, 0.2) is 0 Å². The molecule has 10 heavy (non-hydrogen) atoms. The molecule has 0 aliphatic rings. The molecular weight excluding hydrogens is 239 g/mol. The van der Waals surface area contributed by atoms with Gasteiger partial charge in [-0.2, -0.15) is 0 Å². The highest BCUT2D eigenvalue weighted by atomic mass is 127. The Labute approximate surface area is 76.1 Å². The van der Waals surface area contributed by atoms with Crippen molar-refractivity contribution < 1.29 is 4.42 Å². The SMILES string of the molecule is I.c1ccc2occc2c1. The predicted molar refractivity (Wildman–Crippen MR) is 51.6 cm³/mol. The maximum atomic E-state index is 5.12. The van der Waals surface area contributed by atoms with E-state index in [1.807, 2.05) is 30.3 Å². The van der Waals surface area contributed by atoms with E-state index in [-0.39, 0.29) is 24.0 Å². The quantitative estimate of drug-likeness (QED) is 0.651. The Bertz CT molecular complexity index is 283. The smallest absolute Gasteiger partial charge is 0.133 e. The van der Waals surface area contributed by atoms with Crippen LogP contribution in [0.1, 0.15) is 0 Å². The zero-order chi connectivity index (χ0) is 6.10. The lowest BCUT2D eigenvalue weighted by Gasteiger charge is -1.81. The zero-order valence-electron chi connectivity index (χ0n) is 5.28. The van der Waals surface area contributed by atoms with Gasteiger partial charge in [-0.05, 0) is 12.1 Å². The molecule has 0 aliphatic heterocycles. The summed E-state index contributed by atoms with van der Waals surface area (Å²) < 4.78 is 5.12.